The maximum Gasteiger partial charge on any atom is 0.243 e. The largest absolute Gasteiger partial charge is 0.393 e. The highest BCUT2D eigenvalue weighted by molar-refractivity contribution is 9.10. The van der Waals surface area contributed by atoms with Crippen molar-refractivity contribution in [3.63, 3.8) is 0 Å². The van der Waals surface area contributed by atoms with Gasteiger partial charge in [0.1, 0.15) is 0 Å². The molecule has 0 saturated heterocycles. The number of nitrogens with zero attached hydrogens (tertiary/aromatic N) is 3. The first kappa shape index (κ1) is 12.3. The summed E-state index contributed by atoms with van der Waals surface area (Å²) in [4.78, 5) is 4.31. The Morgan fingerprint density at radius 2 is 2.35 bits per heavy atom. The average Bonchev–Trinajstić information content (AvgIpc) is 2.70. The van der Waals surface area contributed by atoms with Crippen LogP contribution in [0.1, 0.15) is 19.8 Å². The van der Waals surface area contributed by atoms with Gasteiger partial charge in [-0.05, 0) is 40.9 Å². The molecule has 6 heteroatoms. The van der Waals surface area contributed by atoms with E-state index < -0.39 is 0 Å². The van der Waals surface area contributed by atoms with Gasteiger partial charge in [0, 0.05) is 17.2 Å². The number of halogens is 1. The zero-order valence-corrected chi connectivity index (χ0v) is 11.2. The van der Waals surface area contributed by atoms with E-state index in [0.717, 1.165) is 16.5 Å². The van der Waals surface area contributed by atoms with Gasteiger partial charge in [0.15, 0.2) is 5.65 Å². The van der Waals surface area contributed by atoms with E-state index in [0.29, 0.717) is 18.9 Å². The summed E-state index contributed by atoms with van der Waals surface area (Å²) in [6.45, 7) is 2.64. The topological polar surface area (TPSA) is 62.5 Å². The van der Waals surface area contributed by atoms with Crippen LogP contribution >= 0.6 is 15.9 Å². The van der Waals surface area contributed by atoms with Crippen LogP contribution in [0.2, 0.25) is 0 Å². The van der Waals surface area contributed by atoms with Crippen molar-refractivity contribution in [1.29, 1.82) is 0 Å². The molecule has 0 aliphatic rings. The van der Waals surface area contributed by atoms with Gasteiger partial charge in [0.05, 0.1) is 6.10 Å². The minimum atomic E-state index is -0.256. The van der Waals surface area contributed by atoms with Crippen molar-refractivity contribution >= 4 is 27.5 Å². The highest BCUT2D eigenvalue weighted by Crippen LogP contribution is 2.12. The fraction of sp³-hybridized carbons (Fsp3) is 0.455. The summed E-state index contributed by atoms with van der Waals surface area (Å²) in [5.41, 5.74) is 0.798. The van der Waals surface area contributed by atoms with Crippen LogP contribution in [0.25, 0.3) is 5.65 Å². The van der Waals surface area contributed by atoms with Gasteiger partial charge in [-0.1, -0.05) is 6.92 Å². The first-order valence-electron chi connectivity index (χ1n) is 5.63. The molecule has 1 unspecified atom stereocenters. The summed E-state index contributed by atoms with van der Waals surface area (Å²) in [6, 6.07) is 3.82. The van der Waals surface area contributed by atoms with Crippen molar-refractivity contribution < 1.29 is 5.11 Å². The maximum atomic E-state index is 9.42. The Labute approximate surface area is 108 Å². The number of hydrogen-bond acceptors (Lipinski definition) is 4. The third-order valence-electron chi connectivity index (χ3n) is 2.53. The predicted octanol–water partition coefficient (Wildman–Crippen LogP) is 2.06. The Bertz CT molecular complexity index is 499. The van der Waals surface area contributed by atoms with Gasteiger partial charge in [-0.15, -0.1) is 5.10 Å². The third kappa shape index (κ3) is 3.17. The summed E-state index contributed by atoms with van der Waals surface area (Å²) in [7, 11) is 0. The Balaban J connectivity index is 1.99. The van der Waals surface area contributed by atoms with Crippen molar-refractivity contribution in [2.75, 3.05) is 11.9 Å². The molecule has 2 aromatic heterocycles. The number of aliphatic hydroxyl groups excluding tert-OH is 1. The van der Waals surface area contributed by atoms with Crippen molar-refractivity contribution in [3.05, 3.63) is 22.8 Å². The number of rotatable bonds is 5. The van der Waals surface area contributed by atoms with Gasteiger partial charge in [-0.3, -0.25) is 0 Å². The molecule has 2 N–H and O–H groups in total. The lowest BCUT2D eigenvalue weighted by molar-refractivity contribution is 0.164. The monoisotopic (exact) mass is 298 g/mol. The number of pyridine rings is 1. The molecule has 1 atom stereocenters. The number of fused-ring (bicyclic) bond motifs is 1. The molecule has 0 amide bonds. The smallest absolute Gasteiger partial charge is 0.243 e. The number of nitrogens with one attached hydrogen (secondary N) is 1. The lowest BCUT2D eigenvalue weighted by Crippen LogP contribution is -2.12. The van der Waals surface area contributed by atoms with E-state index in [1.807, 2.05) is 25.3 Å². The van der Waals surface area contributed by atoms with E-state index in [9.17, 15) is 5.11 Å². The van der Waals surface area contributed by atoms with Crippen LogP contribution in [0.5, 0.6) is 0 Å². The quantitative estimate of drug-likeness (QED) is 0.887. The molecule has 0 saturated carbocycles. The van der Waals surface area contributed by atoms with E-state index >= 15 is 0 Å². The molecular formula is C11H15BrN4O. The Hall–Kier alpha value is -1.14. The molecular weight excluding hydrogens is 284 g/mol. The van der Waals surface area contributed by atoms with Crippen LogP contribution in [0.4, 0.5) is 5.95 Å². The van der Waals surface area contributed by atoms with Gasteiger partial charge in [-0.2, -0.15) is 4.98 Å². The summed E-state index contributed by atoms with van der Waals surface area (Å²) in [5.74, 6) is 0.589. The summed E-state index contributed by atoms with van der Waals surface area (Å²) in [5, 5.41) is 16.8. The van der Waals surface area contributed by atoms with Gasteiger partial charge in [0.25, 0.3) is 0 Å². The van der Waals surface area contributed by atoms with Crippen molar-refractivity contribution in [2.45, 2.75) is 25.9 Å². The third-order valence-corrected chi connectivity index (χ3v) is 3.00. The van der Waals surface area contributed by atoms with Crippen LogP contribution in [0.3, 0.4) is 0 Å². The second-order valence-corrected chi connectivity index (χ2v) is 4.78. The van der Waals surface area contributed by atoms with Crippen molar-refractivity contribution in [2.24, 2.45) is 0 Å². The first-order chi connectivity index (χ1) is 8.19. The number of anilines is 1. The van der Waals surface area contributed by atoms with E-state index in [2.05, 4.69) is 31.3 Å². The average molecular weight is 299 g/mol. The zero-order chi connectivity index (χ0) is 12.3. The van der Waals surface area contributed by atoms with Gasteiger partial charge < -0.3 is 10.4 Å². The van der Waals surface area contributed by atoms with E-state index in [-0.39, 0.29) is 6.10 Å². The van der Waals surface area contributed by atoms with Crippen molar-refractivity contribution in [1.82, 2.24) is 14.6 Å². The highest BCUT2D eigenvalue weighted by Gasteiger charge is 2.04. The fourth-order valence-electron chi connectivity index (χ4n) is 1.49. The van der Waals surface area contributed by atoms with E-state index in [4.69, 9.17) is 0 Å². The molecule has 0 aromatic carbocycles. The minimum absolute atomic E-state index is 0.256. The fourth-order valence-corrected chi connectivity index (χ4v) is 1.81. The van der Waals surface area contributed by atoms with E-state index in [1.54, 1.807) is 4.52 Å². The van der Waals surface area contributed by atoms with Gasteiger partial charge in [-0.25, -0.2) is 4.52 Å². The van der Waals surface area contributed by atoms with Crippen LogP contribution in [0.15, 0.2) is 22.8 Å². The molecule has 0 spiro atoms. The Morgan fingerprint density at radius 3 is 3.12 bits per heavy atom. The molecule has 2 rings (SSSR count). The second-order valence-electron chi connectivity index (χ2n) is 3.86. The Morgan fingerprint density at radius 1 is 1.53 bits per heavy atom. The van der Waals surface area contributed by atoms with Crippen LogP contribution < -0.4 is 5.32 Å². The molecule has 17 heavy (non-hydrogen) atoms. The predicted molar refractivity (Wildman–Crippen MR) is 70.1 cm³/mol. The molecule has 92 valence electrons. The van der Waals surface area contributed by atoms with Gasteiger partial charge >= 0.3 is 0 Å². The maximum absolute atomic E-state index is 9.42. The van der Waals surface area contributed by atoms with Crippen molar-refractivity contribution in [3.8, 4) is 0 Å². The summed E-state index contributed by atoms with van der Waals surface area (Å²) >= 11 is 3.38. The van der Waals surface area contributed by atoms with Gasteiger partial charge in [0.2, 0.25) is 5.95 Å². The molecule has 0 radical (unpaired) electrons. The van der Waals surface area contributed by atoms with Crippen LogP contribution in [-0.4, -0.2) is 32.4 Å². The van der Waals surface area contributed by atoms with Crippen LogP contribution in [0, 0.1) is 0 Å². The molecule has 2 aromatic rings. The highest BCUT2D eigenvalue weighted by atomic mass is 79.9. The number of aromatic nitrogens is 3. The molecule has 0 aliphatic heterocycles. The summed E-state index contributed by atoms with van der Waals surface area (Å²) < 4.78 is 2.67. The lowest BCUT2D eigenvalue weighted by atomic mass is 10.2. The van der Waals surface area contributed by atoms with E-state index in [1.165, 1.54) is 0 Å². The number of aliphatic hydroxyl groups is 1. The lowest BCUT2D eigenvalue weighted by Gasteiger charge is -2.06. The standard InChI is InChI=1S/C11H15BrN4O/c1-2-9(17)5-6-13-11-14-10-4-3-8(12)7-16(10)15-11/h3-4,7,9,17H,2,5-6H2,1H3,(H,13,15). The molecule has 0 fully saturated rings. The summed E-state index contributed by atoms with van der Waals surface area (Å²) in [6.07, 6.45) is 3.07. The molecule has 0 aliphatic carbocycles. The minimum Gasteiger partial charge on any atom is -0.393 e. The number of hydrogen-bond donors (Lipinski definition) is 2. The second kappa shape index (κ2) is 5.46. The zero-order valence-electron chi connectivity index (χ0n) is 9.60. The molecule has 0 bridgehead atoms. The SMILES string of the molecule is CCC(O)CCNc1nc2ccc(Br)cn2n1. The first-order valence-corrected chi connectivity index (χ1v) is 6.42. The van der Waals surface area contributed by atoms with Crippen LogP contribution in [-0.2, 0) is 0 Å². The Kier molecular flexibility index (Phi) is 3.96. The molecule has 2 heterocycles. The molecule has 5 nitrogen and oxygen atoms in total. The normalized spacial score (nSPS) is 12.9.